The van der Waals surface area contributed by atoms with E-state index in [1.54, 1.807) is 18.2 Å². The third-order valence-corrected chi connectivity index (χ3v) is 3.82. The lowest BCUT2D eigenvalue weighted by atomic mass is 9.90. The second-order valence-corrected chi connectivity index (χ2v) is 4.92. The number of hydrogen-bond acceptors (Lipinski definition) is 3. The number of aliphatic hydroxyl groups is 1. The van der Waals surface area contributed by atoms with Crippen molar-refractivity contribution in [2.24, 2.45) is 11.7 Å². The third kappa shape index (κ3) is 3.38. The van der Waals surface area contributed by atoms with E-state index in [0.29, 0.717) is 5.56 Å². The Morgan fingerprint density at radius 3 is 2.58 bits per heavy atom. The minimum Gasteiger partial charge on any atom is -0.494 e. The number of aliphatic hydroxyl groups excluding tert-OH is 1. The summed E-state index contributed by atoms with van der Waals surface area (Å²) in [7, 11) is 1.42. The standard InChI is InChI=1S/C14H20FNO2.ClH/c1-18-11-8-4-7-10(12(11)15)13(16)14(17)9-5-2-3-6-9;/h4,7-9,13-14,17H,2-3,5-6,16H2,1H3;1H/t13-,14+;/m0./s1. The van der Waals surface area contributed by atoms with Crippen LogP contribution in [0.2, 0.25) is 0 Å². The second kappa shape index (κ2) is 7.08. The van der Waals surface area contributed by atoms with E-state index in [4.69, 9.17) is 10.5 Å². The van der Waals surface area contributed by atoms with Crippen LogP contribution in [0.1, 0.15) is 37.3 Å². The molecule has 1 saturated carbocycles. The zero-order valence-electron chi connectivity index (χ0n) is 11.0. The number of methoxy groups -OCH3 is 1. The van der Waals surface area contributed by atoms with Gasteiger partial charge in [0.1, 0.15) is 0 Å². The van der Waals surface area contributed by atoms with E-state index in [1.165, 1.54) is 7.11 Å². The molecule has 0 amide bonds. The van der Waals surface area contributed by atoms with Crippen LogP contribution in [-0.4, -0.2) is 18.3 Å². The highest BCUT2D eigenvalue weighted by Crippen LogP contribution is 2.34. The quantitative estimate of drug-likeness (QED) is 0.896. The van der Waals surface area contributed by atoms with Crippen molar-refractivity contribution < 1.29 is 14.2 Å². The fraction of sp³-hybridized carbons (Fsp3) is 0.571. The largest absolute Gasteiger partial charge is 0.494 e. The fourth-order valence-electron chi connectivity index (χ4n) is 2.72. The van der Waals surface area contributed by atoms with Gasteiger partial charge in [-0.3, -0.25) is 0 Å². The van der Waals surface area contributed by atoms with Gasteiger partial charge in [-0.2, -0.15) is 0 Å². The first kappa shape index (κ1) is 16.2. The van der Waals surface area contributed by atoms with Crippen LogP contribution >= 0.6 is 12.4 Å². The minimum absolute atomic E-state index is 0. The molecule has 0 aliphatic heterocycles. The summed E-state index contributed by atoms with van der Waals surface area (Å²) in [6, 6.07) is 4.16. The molecule has 1 aliphatic carbocycles. The van der Waals surface area contributed by atoms with Gasteiger partial charge in [-0.25, -0.2) is 4.39 Å². The summed E-state index contributed by atoms with van der Waals surface area (Å²) in [5.41, 5.74) is 6.32. The van der Waals surface area contributed by atoms with E-state index in [0.717, 1.165) is 25.7 Å². The maximum atomic E-state index is 14.1. The molecule has 1 aromatic rings. The number of ether oxygens (including phenoxy) is 1. The van der Waals surface area contributed by atoms with Gasteiger partial charge in [0, 0.05) is 5.56 Å². The van der Waals surface area contributed by atoms with Crippen molar-refractivity contribution in [2.45, 2.75) is 37.8 Å². The molecule has 0 bridgehead atoms. The van der Waals surface area contributed by atoms with E-state index >= 15 is 0 Å². The van der Waals surface area contributed by atoms with E-state index in [1.807, 2.05) is 0 Å². The molecule has 3 nitrogen and oxygen atoms in total. The van der Waals surface area contributed by atoms with Crippen LogP contribution in [0.3, 0.4) is 0 Å². The van der Waals surface area contributed by atoms with Gasteiger partial charge in [-0.1, -0.05) is 25.0 Å². The SMILES string of the molecule is COc1cccc([C@H](N)[C@H](O)C2CCCC2)c1F.Cl. The van der Waals surface area contributed by atoms with Gasteiger partial charge in [0.25, 0.3) is 0 Å². The average Bonchev–Trinajstić information content (AvgIpc) is 2.91. The predicted molar refractivity (Wildman–Crippen MR) is 75.1 cm³/mol. The maximum Gasteiger partial charge on any atom is 0.169 e. The molecule has 1 aliphatic rings. The molecule has 108 valence electrons. The summed E-state index contributed by atoms with van der Waals surface area (Å²) < 4.78 is 19.0. The van der Waals surface area contributed by atoms with Crippen molar-refractivity contribution in [2.75, 3.05) is 7.11 Å². The Hall–Kier alpha value is -0.840. The predicted octanol–water partition coefficient (Wildman–Crippen LogP) is 2.81. The highest BCUT2D eigenvalue weighted by atomic mass is 35.5. The van der Waals surface area contributed by atoms with Crippen LogP contribution in [0, 0.1) is 11.7 Å². The highest BCUT2D eigenvalue weighted by Gasteiger charge is 2.30. The van der Waals surface area contributed by atoms with Crippen molar-refractivity contribution in [3.8, 4) is 5.75 Å². The zero-order valence-corrected chi connectivity index (χ0v) is 11.8. The first-order chi connectivity index (χ1) is 8.65. The Kier molecular flexibility index (Phi) is 6.04. The number of nitrogens with two attached hydrogens (primary N) is 1. The number of halogens is 2. The third-order valence-electron chi connectivity index (χ3n) is 3.82. The van der Waals surface area contributed by atoms with Crippen molar-refractivity contribution in [1.82, 2.24) is 0 Å². The van der Waals surface area contributed by atoms with Gasteiger partial charge in [0.05, 0.1) is 19.3 Å². The number of rotatable bonds is 4. The van der Waals surface area contributed by atoms with Crippen LogP contribution in [0.5, 0.6) is 5.75 Å². The average molecular weight is 290 g/mol. The fourth-order valence-corrected chi connectivity index (χ4v) is 2.72. The summed E-state index contributed by atoms with van der Waals surface area (Å²) in [6.45, 7) is 0. The Morgan fingerprint density at radius 2 is 2.00 bits per heavy atom. The Labute approximate surface area is 119 Å². The van der Waals surface area contributed by atoms with Crippen molar-refractivity contribution in [3.63, 3.8) is 0 Å². The molecule has 0 radical (unpaired) electrons. The van der Waals surface area contributed by atoms with Gasteiger partial charge in [-0.15, -0.1) is 12.4 Å². The molecule has 0 unspecified atom stereocenters. The van der Waals surface area contributed by atoms with Crippen molar-refractivity contribution in [3.05, 3.63) is 29.6 Å². The lowest BCUT2D eigenvalue weighted by Crippen LogP contribution is -2.32. The number of benzene rings is 1. The van der Waals surface area contributed by atoms with Crippen molar-refractivity contribution in [1.29, 1.82) is 0 Å². The molecule has 1 aromatic carbocycles. The normalized spacial score (nSPS) is 18.7. The lowest BCUT2D eigenvalue weighted by Gasteiger charge is -2.25. The molecular weight excluding hydrogens is 269 g/mol. The summed E-state index contributed by atoms with van der Waals surface area (Å²) in [5, 5.41) is 10.2. The van der Waals surface area contributed by atoms with Crippen LogP contribution in [0.15, 0.2) is 18.2 Å². The Bertz CT molecular complexity index is 410. The molecule has 2 atom stereocenters. The van der Waals surface area contributed by atoms with Gasteiger partial charge >= 0.3 is 0 Å². The summed E-state index contributed by atoms with van der Waals surface area (Å²) >= 11 is 0. The van der Waals surface area contributed by atoms with Gasteiger partial charge in [0.15, 0.2) is 11.6 Å². The van der Waals surface area contributed by atoms with E-state index < -0.39 is 18.0 Å². The molecule has 0 saturated heterocycles. The molecule has 2 rings (SSSR count). The first-order valence-corrected chi connectivity index (χ1v) is 6.41. The summed E-state index contributed by atoms with van der Waals surface area (Å²) in [5.74, 6) is -0.114. The van der Waals surface area contributed by atoms with Crippen LogP contribution in [0.25, 0.3) is 0 Å². The molecule has 0 heterocycles. The maximum absolute atomic E-state index is 14.1. The molecule has 5 heteroatoms. The molecule has 3 N–H and O–H groups in total. The van der Waals surface area contributed by atoms with E-state index in [-0.39, 0.29) is 24.1 Å². The molecule has 19 heavy (non-hydrogen) atoms. The molecular formula is C14H21ClFNO2. The zero-order chi connectivity index (χ0) is 13.1. The van der Waals surface area contributed by atoms with Gasteiger partial charge in [-0.05, 0) is 24.8 Å². The van der Waals surface area contributed by atoms with Crippen LogP contribution in [-0.2, 0) is 0 Å². The smallest absolute Gasteiger partial charge is 0.169 e. The van der Waals surface area contributed by atoms with Gasteiger partial charge < -0.3 is 15.6 Å². The van der Waals surface area contributed by atoms with Crippen molar-refractivity contribution >= 4 is 12.4 Å². The topological polar surface area (TPSA) is 55.5 Å². The molecule has 0 spiro atoms. The van der Waals surface area contributed by atoms with Crippen LogP contribution in [0.4, 0.5) is 4.39 Å². The monoisotopic (exact) mass is 289 g/mol. The van der Waals surface area contributed by atoms with Crippen LogP contribution < -0.4 is 10.5 Å². The molecule has 1 fully saturated rings. The Balaban J connectivity index is 0.00000180. The summed E-state index contributed by atoms with van der Waals surface area (Å²) in [4.78, 5) is 0. The van der Waals surface area contributed by atoms with Gasteiger partial charge in [0.2, 0.25) is 0 Å². The second-order valence-electron chi connectivity index (χ2n) is 4.92. The highest BCUT2D eigenvalue weighted by molar-refractivity contribution is 5.85. The lowest BCUT2D eigenvalue weighted by molar-refractivity contribution is 0.0831. The van der Waals surface area contributed by atoms with E-state index in [2.05, 4.69) is 0 Å². The van der Waals surface area contributed by atoms with E-state index in [9.17, 15) is 9.50 Å². The summed E-state index contributed by atoms with van der Waals surface area (Å²) in [6.07, 6.45) is 3.50. The minimum atomic E-state index is -0.691. The first-order valence-electron chi connectivity index (χ1n) is 6.41. The number of hydrogen-bond donors (Lipinski definition) is 2. The molecule has 0 aromatic heterocycles. The Morgan fingerprint density at radius 1 is 1.37 bits per heavy atom.